The SMILES string of the molecule is c1ccc(-c2cccc(-c3ccc(N(c4ccc(-c5cc6ccccc6c6ccccc56)cc4)c4ccccc4-c4cccc5oc6c7ccccc7ccc6c45)cc3)c2)cc1. The molecule has 290 valence electrons. The van der Waals surface area contributed by atoms with Gasteiger partial charge in [0.25, 0.3) is 0 Å². The molecule has 0 spiro atoms. The van der Waals surface area contributed by atoms with Gasteiger partial charge in [-0.1, -0.05) is 182 Å². The number of rotatable bonds is 7. The monoisotopic (exact) mass is 789 g/mol. The van der Waals surface area contributed by atoms with Gasteiger partial charge in [0.15, 0.2) is 0 Å². The molecule has 2 heteroatoms. The van der Waals surface area contributed by atoms with Crippen LogP contribution in [0.25, 0.3) is 98.8 Å². The molecule has 0 atom stereocenters. The number of hydrogen-bond acceptors (Lipinski definition) is 2. The van der Waals surface area contributed by atoms with E-state index in [0.717, 1.165) is 55.5 Å². The van der Waals surface area contributed by atoms with E-state index in [1.54, 1.807) is 0 Å². The Balaban J connectivity index is 1.02. The minimum Gasteiger partial charge on any atom is -0.455 e. The summed E-state index contributed by atoms with van der Waals surface area (Å²) in [5.74, 6) is 0. The van der Waals surface area contributed by atoms with Crippen LogP contribution in [0, 0.1) is 0 Å². The zero-order valence-electron chi connectivity index (χ0n) is 33.9. The van der Waals surface area contributed by atoms with Gasteiger partial charge in [0.05, 0.1) is 5.69 Å². The van der Waals surface area contributed by atoms with Gasteiger partial charge in [-0.2, -0.15) is 0 Å². The normalized spacial score (nSPS) is 11.5. The molecule has 1 aromatic heterocycles. The number of hydrogen-bond donors (Lipinski definition) is 0. The first-order valence-corrected chi connectivity index (χ1v) is 21.2. The zero-order chi connectivity index (χ0) is 41.0. The molecule has 0 aliphatic carbocycles. The van der Waals surface area contributed by atoms with Crippen molar-refractivity contribution in [1.82, 2.24) is 0 Å². The van der Waals surface area contributed by atoms with Crippen LogP contribution in [0.2, 0.25) is 0 Å². The predicted molar refractivity (Wildman–Crippen MR) is 263 cm³/mol. The van der Waals surface area contributed by atoms with E-state index >= 15 is 0 Å². The van der Waals surface area contributed by atoms with Crippen LogP contribution >= 0.6 is 0 Å². The fourth-order valence-corrected chi connectivity index (χ4v) is 9.50. The van der Waals surface area contributed by atoms with Crippen LogP contribution in [0.4, 0.5) is 17.1 Å². The van der Waals surface area contributed by atoms with Crippen molar-refractivity contribution in [3.8, 4) is 44.5 Å². The maximum atomic E-state index is 6.69. The van der Waals surface area contributed by atoms with Gasteiger partial charge >= 0.3 is 0 Å². The van der Waals surface area contributed by atoms with E-state index in [1.807, 2.05) is 0 Å². The molecular weight excluding hydrogens is 751 g/mol. The summed E-state index contributed by atoms with van der Waals surface area (Å²) >= 11 is 0. The highest BCUT2D eigenvalue weighted by Gasteiger charge is 2.21. The molecule has 0 fully saturated rings. The number of anilines is 3. The van der Waals surface area contributed by atoms with Crippen molar-refractivity contribution in [2.24, 2.45) is 0 Å². The summed E-state index contributed by atoms with van der Waals surface area (Å²) < 4.78 is 6.69. The van der Waals surface area contributed by atoms with Crippen LogP contribution in [-0.2, 0) is 0 Å². The Morgan fingerprint density at radius 1 is 0.290 bits per heavy atom. The second kappa shape index (κ2) is 14.8. The Kier molecular flexibility index (Phi) is 8.53. The molecule has 0 radical (unpaired) electrons. The molecule has 0 bridgehead atoms. The molecular formula is C60H39NO. The third-order valence-electron chi connectivity index (χ3n) is 12.5. The standard InChI is InChI=1S/C60H39NO/c1-2-14-40(15-3-1)44-18-12-19-45(38-44)41-28-33-47(34-29-41)61(48-35-30-43(31-36-48)56-39-46-17-5-6-20-49(46)51-22-8-9-23-52(51)56)57-26-11-10-24-53(57)54-25-13-27-58-59(54)55-37-32-42-16-4-7-21-50(42)60(55)62-58/h1-39H. The second-order valence-electron chi connectivity index (χ2n) is 16.0. The topological polar surface area (TPSA) is 16.4 Å². The maximum absolute atomic E-state index is 6.69. The lowest BCUT2D eigenvalue weighted by Crippen LogP contribution is -2.11. The van der Waals surface area contributed by atoms with Crippen molar-refractivity contribution < 1.29 is 4.42 Å². The summed E-state index contributed by atoms with van der Waals surface area (Å²) in [5.41, 5.74) is 14.4. The van der Waals surface area contributed by atoms with Gasteiger partial charge in [-0.05, 0) is 120 Å². The minimum absolute atomic E-state index is 0.879. The fourth-order valence-electron chi connectivity index (χ4n) is 9.50. The summed E-state index contributed by atoms with van der Waals surface area (Å²) in [6, 6.07) is 85.4. The lowest BCUT2D eigenvalue weighted by molar-refractivity contribution is 0.673. The fraction of sp³-hybridized carbons (Fsp3) is 0. The number of para-hydroxylation sites is 1. The third kappa shape index (κ3) is 6.04. The third-order valence-corrected chi connectivity index (χ3v) is 12.5. The Hall–Kier alpha value is -8.20. The molecule has 0 aliphatic rings. The van der Waals surface area contributed by atoms with Crippen LogP contribution in [0.1, 0.15) is 0 Å². The summed E-state index contributed by atoms with van der Waals surface area (Å²) in [7, 11) is 0. The lowest BCUT2D eigenvalue weighted by Gasteiger charge is -2.28. The second-order valence-corrected chi connectivity index (χ2v) is 16.0. The molecule has 11 aromatic carbocycles. The summed E-state index contributed by atoms with van der Waals surface area (Å²) in [4.78, 5) is 2.40. The van der Waals surface area contributed by atoms with Crippen LogP contribution < -0.4 is 4.90 Å². The Morgan fingerprint density at radius 3 is 1.63 bits per heavy atom. The average Bonchev–Trinajstić information content (AvgIpc) is 3.75. The number of nitrogens with zero attached hydrogens (tertiary/aromatic N) is 1. The molecule has 0 amide bonds. The molecule has 0 saturated carbocycles. The summed E-state index contributed by atoms with van der Waals surface area (Å²) in [6.45, 7) is 0. The van der Waals surface area contributed by atoms with Crippen molar-refractivity contribution in [1.29, 1.82) is 0 Å². The van der Waals surface area contributed by atoms with Crippen LogP contribution in [0.3, 0.4) is 0 Å². The Morgan fingerprint density at radius 2 is 0.855 bits per heavy atom. The maximum Gasteiger partial charge on any atom is 0.143 e. The van der Waals surface area contributed by atoms with Gasteiger partial charge in [-0.3, -0.25) is 0 Å². The van der Waals surface area contributed by atoms with Crippen LogP contribution in [0.15, 0.2) is 241 Å². The first-order chi connectivity index (χ1) is 30.7. The Bertz CT molecular complexity index is 3620. The van der Waals surface area contributed by atoms with Gasteiger partial charge in [-0.15, -0.1) is 0 Å². The van der Waals surface area contributed by atoms with E-state index < -0.39 is 0 Å². The first kappa shape index (κ1) is 35.7. The Labute approximate surface area is 360 Å². The molecule has 0 unspecified atom stereocenters. The van der Waals surface area contributed by atoms with Crippen molar-refractivity contribution in [3.05, 3.63) is 237 Å². The van der Waals surface area contributed by atoms with Crippen LogP contribution in [0.5, 0.6) is 0 Å². The van der Waals surface area contributed by atoms with Gasteiger partial charge in [-0.25, -0.2) is 0 Å². The summed E-state index contributed by atoms with van der Waals surface area (Å²) in [5, 5.41) is 9.56. The molecule has 0 N–H and O–H groups in total. The van der Waals surface area contributed by atoms with Gasteiger partial charge in [0.2, 0.25) is 0 Å². The van der Waals surface area contributed by atoms with Crippen molar-refractivity contribution >= 4 is 71.3 Å². The number of benzene rings is 11. The van der Waals surface area contributed by atoms with E-state index in [-0.39, 0.29) is 0 Å². The highest BCUT2D eigenvalue weighted by atomic mass is 16.3. The molecule has 12 aromatic rings. The highest BCUT2D eigenvalue weighted by Crippen LogP contribution is 2.46. The molecule has 1 heterocycles. The molecule has 12 rings (SSSR count). The van der Waals surface area contributed by atoms with Gasteiger partial charge in [0, 0.05) is 33.1 Å². The van der Waals surface area contributed by atoms with Crippen molar-refractivity contribution in [3.63, 3.8) is 0 Å². The van der Waals surface area contributed by atoms with E-state index in [0.29, 0.717) is 0 Å². The molecule has 2 nitrogen and oxygen atoms in total. The smallest absolute Gasteiger partial charge is 0.143 e. The molecule has 62 heavy (non-hydrogen) atoms. The summed E-state index contributed by atoms with van der Waals surface area (Å²) in [6.07, 6.45) is 0. The lowest BCUT2D eigenvalue weighted by atomic mass is 9.93. The largest absolute Gasteiger partial charge is 0.455 e. The first-order valence-electron chi connectivity index (χ1n) is 21.2. The minimum atomic E-state index is 0.879. The number of furan rings is 1. The van der Waals surface area contributed by atoms with E-state index in [2.05, 4.69) is 241 Å². The highest BCUT2D eigenvalue weighted by molar-refractivity contribution is 6.20. The van der Waals surface area contributed by atoms with Gasteiger partial charge in [0.1, 0.15) is 11.2 Å². The quantitative estimate of drug-likeness (QED) is 0.150. The average molecular weight is 790 g/mol. The van der Waals surface area contributed by atoms with E-state index in [9.17, 15) is 0 Å². The molecule has 0 saturated heterocycles. The van der Waals surface area contributed by atoms with E-state index in [4.69, 9.17) is 4.42 Å². The molecule has 0 aliphatic heterocycles. The zero-order valence-corrected chi connectivity index (χ0v) is 33.9. The van der Waals surface area contributed by atoms with Crippen LogP contribution in [-0.4, -0.2) is 0 Å². The number of fused-ring (bicyclic) bond motifs is 8. The predicted octanol–water partition coefficient (Wildman–Crippen LogP) is 17.2. The van der Waals surface area contributed by atoms with E-state index in [1.165, 1.54) is 60.3 Å². The van der Waals surface area contributed by atoms with Crippen molar-refractivity contribution in [2.75, 3.05) is 4.90 Å². The van der Waals surface area contributed by atoms with Gasteiger partial charge < -0.3 is 9.32 Å². The van der Waals surface area contributed by atoms with Crippen molar-refractivity contribution in [2.45, 2.75) is 0 Å².